The molecule has 2 N–H and O–H groups in total. The molecule has 18 heavy (non-hydrogen) atoms. The zero-order valence-corrected chi connectivity index (χ0v) is 10.5. The molecule has 0 atom stereocenters. The molecule has 0 saturated carbocycles. The maximum Gasteiger partial charge on any atom is 0.328 e. The molecule has 0 aliphatic carbocycles. The van der Waals surface area contributed by atoms with E-state index in [4.69, 9.17) is 0 Å². The van der Waals surface area contributed by atoms with Crippen molar-refractivity contribution in [3.63, 3.8) is 0 Å². The van der Waals surface area contributed by atoms with Gasteiger partial charge in [0.2, 0.25) is 0 Å². The first kappa shape index (κ1) is 12.4. The van der Waals surface area contributed by atoms with Crippen molar-refractivity contribution in [3.05, 3.63) is 42.5 Å². The van der Waals surface area contributed by atoms with Crippen LogP contribution in [-0.2, 0) is 10.0 Å². The summed E-state index contributed by atoms with van der Waals surface area (Å²) in [4.78, 5) is 11.2. The highest BCUT2D eigenvalue weighted by atomic mass is 32.2. The van der Waals surface area contributed by atoms with Gasteiger partial charge in [0.25, 0.3) is 10.0 Å². The van der Waals surface area contributed by atoms with E-state index in [9.17, 15) is 13.2 Å². The number of fused-ring (bicyclic) bond motifs is 1. The van der Waals surface area contributed by atoms with Crippen LogP contribution >= 0.6 is 0 Å². The van der Waals surface area contributed by atoms with Crippen LogP contribution in [0.3, 0.4) is 0 Å². The number of hydrogen-bond acceptors (Lipinski definition) is 3. The molecule has 0 aliphatic rings. The van der Waals surface area contributed by atoms with E-state index in [0.717, 1.165) is 5.39 Å². The van der Waals surface area contributed by atoms with E-state index in [1.807, 2.05) is 22.9 Å². The van der Waals surface area contributed by atoms with E-state index in [-0.39, 0.29) is 4.90 Å². The molecule has 2 rings (SSSR count). The standard InChI is InChI=1S/C12H12N2O3S/c1-13-12(15)14-18(16,17)11-8-4-6-9-5-2-3-7-10(9)11/h2-8H,1H3,(H2,13,14,15). The Morgan fingerprint density at radius 3 is 2.44 bits per heavy atom. The van der Waals surface area contributed by atoms with Crippen molar-refractivity contribution in [2.45, 2.75) is 4.90 Å². The van der Waals surface area contributed by atoms with Crippen molar-refractivity contribution in [3.8, 4) is 0 Å². The van der Waals surface area contributed by atoms with E-state index in [2.05, 4.69) is 5.32 Å². The van der Waals surface area contributed by atoms with Crippen LogP contribution in [0.2, 0.25) is 0 Å². The molecule has 0 saturated heterocycles. The van der Waals surface area contributed by atoms with Crippen molar-refractivity contribution in [1.82, 2.24) is 10.0 Å². The summed E-state index contributed by atoms with van der Waals surface area (Å²) in [6, 6.07) is 11.2. The first-order valence-corrected chi connectivity index (χ1v) is 6.75. The minimum Gasteiger partial charge on any atom is -0.340 e. The molecule has 2 aromatic carbocycles. The lowest BCUT2D eigenvalue weighted by atomic mass is 10.1. The highest BCUT2D eigenvalue weighted by Crippen LogP contribution is 2.22. The van der Waals surface area contributed by atoms with Gasteiger partial charge in [-0.1, -0.05) is 36.4 Å². The summed E-state index contributed by atoms with van der Waals surface area (Å²) in [5, 5.41) is 3.59. The topological polar surface area (TPSA) is 75.3 Å². The van der Waals surface area contributed by atoms with Crippen LogP contribution in [0.25, 0.3) is 10.8 Å². The van der Waals surface area contributed by atoms with Gasteiger partial charge in [-0.25, -0.2) is 17.9 Å². The number of rotatable bonds is 2. The number of sulfonamides is 1. The Morgan fingerprint density at radius 2 is 1.72 bits per heavy atom. The van der Waals surface area contributed by atoms with Crippen LogP contribution in [0.1, 0.15) is 0 Å². The third kappa shape index (κ3) is 2.28. The van der Waals surface area contributed by atoms with Crippen molar-refractivity contribution >= 4 is 26.8 Å². The van der Waals surface area contributed by atoms with E-state index in [1.165, 1.54) is 13.1 Å². The lowest BCUT2D eigenvalue weighted by molar-refractivity contribution is 0.248. The fraction of sp³-hybridized carbons (Fsp3) is 0.0833. The van der Waals surface area contributed by atoms with Gasteiger partial charge >= 0.3 is 6.03 Å². The molecule has 6 heteroatoms. The average Bonchev–Trinajstić information content (AvgIpc) is 2.37. The van der Waals surface area contributed by atoms with Crippen LogP contribution in [0.5, 0.6) is 0 Å². The number of nitrogens with one attached hydrogen (secondary N) is 2. The first-order valence-electron chi connectivity index (χ1n) is 5.27. The van der Waals surface area contributed by atoms with Crippen molar-refractivity contribution in [2.24, 2.45) is 0 Å². The number of carbonyl (C=O) groups excluding carboxylic acids is 1. The summed E-state index contributed by atoms with van der Waals surface area (Å²) in [5.41, 5.74) is 0. The Kier molecular flexibility index (Phi) is 3.20. The molecule has 0 aromatic heterocycles. The normalized spacial score (nSPS) is 11.2. The maximum atomic E-state index is 12.0. The highest BCUT2D eigenvalue weighted by molar-refractivity contribution is 7.90. The molecule has 0 heterocycles. The smallest absolute Gasteiger partial charge is 0.328 e. The zero-order valence-electron chi connectivity index (χ0n) is 9.67. The van der Waals surface area contributed by atoms with Gasteiger partial charge in [0.05, 0.1) is 4.90 Å². The molecule has 5 nitrogen and oxygen atoms in total. The molecular formula is C12H12N2O3S. The summed E-state index contributed by atoms with van der Waals surface area (Å²) in [5.74, 6) is 0. The Hall–Kier alpha value is -2.08. The molecule has 0 aliphatic heterocycles. The van der Waals surface area contributed by atoms with Gasteiger partial charge in [0.1, 0.15) is 0 Å². The first-order chi connectivity index (χ1) is 8.54. The van der Waals surface area contributed by atoms with E-state index in [0.29, 0.717) is 5.39 Å². The Morgan fingerprint density at radius 1 is 1.06 bits per heavy atom. The highest BCUT2D eigenvalue weighted by Gasteiger charge is 2.19. The lowest BCUT2D eigenvalue weighted by Gasteiger charge is -2.08. The Labute approximate surface area is 105 Å². The zero-order chi connectivity index (χ0) is 13.2. The summed E-state index contributed by atoms with van der Waals surface area (Å²) in [6.45, 7) is 0. The average molecular weight is 264 g/mol. The summed E-state index contributed by atoms with van der Waals surface area (Å²) in [7, 11) is -2.51. The van der Waals surface area contributed by atoms with E-state index in [1.54, 1.807) is 18.2 Å². The molecule has 0 unspecified atom stereocenters. The Bertz CT molecular complexity index is 690. The number of carbonyl (C=O) groups is 1. The largest absolute Gasteiger partial charge is 0.340 e. The third-order valence-corrected chi connectivity index (χ3v) is 3.88. The lowest BCUT2D eigenvalue weighted by Crippen LogP contribution is -2.37. The number of benzene rings is 2. The van der Waals surface area contributed by atoms with Crippen molar-refractivity contribution in [1.29, 1.82) is 0 Å². The fourth-order valence-corrected chi connectivity index (χ4v) is 2.85. The summed E-state index contributed by atoms with van der Waals surface area (Å²) < 4.78 is 26.0. The number of amides is 2. The van der Waals surface area contributed by atoms with Gasteiger partial charge < -0.3 is 5.32 Å². The maximum absolute atomic E-state index is 12.0. The summed E-state index contributed by atoms with van der Waals surface area (Å²) >= 11 is 0. The molecule has 0 fully saturated rings. The van der Waals surface area contributed by atoms with E-state index < -0.39 is 16.1 Å². The van der Waals surface area contributed by atoms with Gasteiger partial charge in [-0.05, 0) is 11.5 Å². The Balaban J connectivity index is 2.57. The molecule has 0 spiro atoms. The van der Waals surface area contributed by atoms with Crippen LogP contribution < -0.4 is 10.0 Å². The number of urea groups is 1. The van der Waals surface area contributed by atoms with Crippen molar-refractivity contribution in [2.75, 3.05) is 7.05 Å². The van der Waals surface area contributed by atoms with Gasteiger partial charge in [-0.3, -0.25) is 0 Å². The molecule has 2 aromatic rings. The second-order valence-electron chi connectivity index (χ2n) is 3.66. The van der Waals surface area contributed by atoms with E-state index >= 15 is 0 Å². The monoisotopic (exact) mass is 264 g/mol. The van der Waals surface area contributed by atoms with Crippen LogP contribution in [0, 0.1) is 0 Å². The number of hydrogen-bond donors (Lipinski definition) is 2. The van der Waals surface area contributed by atoms with Gasteiger partial charge in [0.15, 0.2) is 0 Å². The van der Waals surface area contributed by atoms with Crippen LogP contribution in [-0.4, -0.2) is 21.5 Å². The second-order valence-corrected chi connectivity index (χ2v) is 5.31. The molecule has 0 bridgehead atoms. The van der Waals surface area contributed by atoms with Crippen molar-refractivity contribution < 1.29 is 13.2 Å². The fourth-order valence-electron chi connectivity index (χ4n) is 1.66. The van der Waals surface area contributed by atoms with Gasteiger partial charge in [0, 0.05) is 12.4 Å². The predicted molar refractivity (Wildman–Crippen MR) is 68.7 cm³/mol. The molecule has 2 amide bonds. The summed E-state index contributed by atoms with van der Waals surface area (Å²) in [6.07, 6.45) is 0. The second kappa shape index (κ2) is 4.66. The predicted octanol–water partition coefficient (Wildman–Crippen LogP) is 1.46. The molecule has 94 valence electrons. The minimum atomic E-state index is -3.86. The SMILES string of the molecule is CNC(=O)NS(=O)(=O)c1cccc2ccccc12. The molecule has 0 radical (unpaired) electrons. The third-order valence-electron chi connectivity index (χ3n) is 2.49. The van der Waals surface area contributed by atoms with Gasteiger partial charge in [-0.2, -0.15) is 0 Å². The van der Waals surface area contributed by atoms with Gasteiger partial charge in [-0.15, -0.1) is 0 Å². The van der Waals surface area contributed by atoms with Crippen LogP contribution in [0.15, 0.2) is 47.4 Å². The van der Waals surface area contributed by atoms with Crippen LogP contribution in [0.4, 0.5) is 4.79 Å². The quantitative estimate of drug-likeness (QED) is 0.862. The molecular weight excluding hydrogens is 252 g/mol. The minimum absolute atomic E-state index is 0.0872.